The van der Waals surface area contributed by atoms with Crippen LogP contribution in [0.25, 0.3) is 0 Å². The molecule has 1 aliphatic rings. The van der Waals surface area contributed by atoms with Crippen molar-refractivity contribution in [3.63, 3.8) is 0 Å². The largest absolute Gasteiger partial charge is 0.330 e. The van der Waals surface area contributed by atoms with Crippen LogP contribution >= 0.6 is 11.3 Å². The number of nitrogens with two attached hydrogens (primary N) is 1. The van der Waals surface area contributed by atoms with Crippen molar-refractivity contribution in [3.8, 4) is 0 Å². The van der Waals surface area contributed by atoms with Crippen LogP contribution in [-0.2, 0) is 5.41 Å². The second-order valence-corrected chi connectivity index (χ2v) is 5.10. The van der Waals surface area contributed by atoms with Crippen molar-refractivity contribution >= 4 is 11.3 Å². The molecule has 0 atom stereocenters. The van der Waals surface area contributed by atoms with Crippen LogP contribution in [0.5, 0.6) is 0 Å². The number of aromatic nitrogens is 1. The van der Waals surface area contributed by atoms with E-state index in [1.54, 1.807) is 11.3 Å². The molecular weight excluding hydrogens is 180 g/mol. The Morgan fingerprint density at radius 1 is 1.62 bits per heavy atom. The molecule has 1 fully saturated rings. The first-order valence-corrected chi connectivity index (χ1v) is 5.72. The topological polar surface area (TPSA) is 38.9 Å². The van der Waals surface area contributed by atoms with Gasteiger partial charge in [0, 0.05) is 23.3 Å². The number of thiazole rings is 1. The molecule has 1 aliphatic carbocycles. The molecule has 1 aromatic rings. The highest BCUT2D eigenvalue weighted by atomic mass is 32.1. The molecule has 0 radical (unpaired) electrons. The van der Waals surface area contributed by atoms with Crippen molar-refractivity contribution in [2.24, 2.45) is 5.73 Å². The van der Waals surface area contributed by atoms with Crippen LogP contribution in [0.15, 0.2) is 5.38 Å². The predicted octanol–water partition coefficient (Wildman–Crippen LogP) is 2.26. The van der Waals surface area contributed by atoms with Gasteiger partial charge in [-0.25, -0.2) is 4.98 Å². The maximum atomic E-state index is 5.75. The summed E-state index contributed by atoms with van der Waals surface area (Å²) in [6.07, 6.45) is 2.45. The summed E-state index contributed by atoms with van der Waals surface area (Å²) in [4.78, 5) is 4.65. The van der Waals surface area contributed by atoms with Gasteiger partial charge in [0.15, 0.2) is 0 Å². The first-order chi connectivity index (χ1) is 6.18. The molecule has 3 heteroatoms. The average Bonchev–Trinajstić information content (AvgIpc) is 2.75. The van der Waals surface area contributed by atoms with Gasteiger partial charge in [0.25, 0.3) is 0 Å². The highest BCUT2D eigenvalue weighted by molar-refractivity contribution is 7.09. The van der Waals surface area contributed by atoms with Crippen molar-refractivity contribution in [1.82, 2.24) is 4.98 Å². The van der Waals surface area contributed by atoms with Gasteiger partial charge in [0.1, 0.15) is 0 Å². The molecule has 0 aliphatic heterocycles. The Hall–Kier alpha value is -0.410. The summed E-state index contributed by atoms with van der Waals surface area (Å²) in [5.41, 5.74) is 7.26. The molecule has 0 saturated heterocycles. The fourth-order valence-electron chi connectivity index (χ4n) is 1.51. The zero-order chi connectivity index (χ0) is 9.47. The lowest BCUT2D eigenvalue weighted by molar-refractivity contribution is 0.676. The summed E-state index contributed by atoms with van der Waals surface area (Å²) >= 11 is 1.77. The van der Waals surface area contributed by atoms with Crippen LogP contribution < -0.4 is 5.73 Å². The molecule has 1 aromatic heterocycles. The maximum absolute atomic E-state index is 5.75. The standard InChI is InChI=1S/C10H16N2S/c1-7(2)9-12-8(5-13-9)10(6-11)3-4-10/h5,7H,3-4,6,11H2,1-2H3. The number of nitrogens with zero attached hydrogens (tertiary/aromatic N) is 1. The third-order valence-corrected chi connectivity index (χ3v) is 3.95. The molecule has 0 bridgehead atoms. The molecule has 13 heavy (non-hydrogen) atoms. The number of hydrogen-bond donors (Lipinski definition) is 1. The van der Waals surface area contributed by atoms with Crippen molar-refractivity contribution in [2.75, 3.05) is 6.54 Å². The minimum absolute atomic E-state index is 0.267. The molecule has 0 amide bonds. The molecule has 0 aromatic carbocycles. The van der Waals surface area contributed by atoms with Crippen molar-refractivity contribution in [3.05, 3.63) is 16.1 Å². The van der Waals surface area contributed by atoms with E-state index >= 15 is 0 Å². The lowest BCUT2D eigenvalue weighted by Gasteiger charge is -2.07. The molecule has 0 unspecified atom stereocenters. The molecule has 1 heterocycles. The third-order valence-electron chi connectivity index (χ3n) is 2.80. The molecule has 2 N–H and O–H groups in total. The highest BCUT2D eigenvalue weighted by Crippen LogP contribution is 2.47. The fraction of sp³-hybridized carbons (Fsp3) is 0.700. The average molecular weight is 196 g/mol. The van der Waals surface area contributed by atoms with E-state index in [0.29, 0.717) is 5.92 Å². The first-order valence-electron chi connectivity index (χ1n) is 4.84. The number of rotatable bonds is 3. The minimum atomic E-state index is 0.267. The lowest BCUT2D eigenvalue weighted by atomic mass is 10.0. The van der Waals surface area contributed by atoms with Gasteiger partial charge in [0.2, 0.25) is 0 Å². The Morgan fingerprint density at radius 2 is 2.31 bits per heavy atom. The van der Waals surface area contributed by atoms with Gasteiger partial charge in [-0.15, -0.1) is 11.3 Å². The zero-order valence-electron chi connectivity index (χ0n) is 8.21. The SMILES string of the molecule is CC(C)c1nc(C2(CN)CC2)cs1. The van der Waals surface area contributed by atoms with Gasteiger partial charge in [-0.3, -0.25) is 0 Å². The molecule has 0 spiro atoms. The van der Waals surface area contributed by atoms with E-state index in [2.05, 4.69) is 24.2 Å². The predicted molar refractivity (Wildman–Crippen MR) is 56.2 cm³/mol. The minimum Gasteiger partial charge on any atom is -0.330 e. The summed E-state index contributed by atoms with van der Waals surface area (Å²) < 4.78 is 0. The van der Waals surface area contributed by atoms with E-state index in [4.69, 9.17) is 5.73 Å². The normalized spacial score (nSPS) is 19.4. The van der Waals surface area contributed by atoms with E-state index in [9.17, 15) is 0 Å². The molecule has 1 saturated carbocycles. The summed E-state index contributed by atoms with van der Waals surface area (Å²) in [5.74, 6) is 0.548. The number of hydrogen-bond acceptors (Lipinski definition) is 3. The smallest absolute Gasteiger partial charge is 0.0953 e. The monoisotopic (exact) mass is 196 g/mol. The zero-order valence-corrected chi connectivity index (χ0v) is 9.03. The first kappa shape index (κ1) is 9.16. The van der Waals surface area contributed by atoms with Crippen molar-refractivity contribution in [1.29, 1.82) is 0 Å². The summed E-state index contributed by atoms with van der Waals surface area (Å²) in [6.45, 7) is 5.13. The Bertz CT molecular complexity index is 300. The second-order valence-electron chi connectivity index (χ2n) is 4.21. The lowest BCUT2D eigenvalue weighted by Crippen LogP contribution is -2.20. The van der Waals surface area contributed by atoms with Crippen molar-refractivity contribution < 1.29 is 0 Å². The Kier molecular flexibility index (Phi) is 2.16. The van der Waals surface area contributed by atoms with Gasteiger partial charge in [-0.2, -0.15) is 0 Å². The van der Waals surface area contributed by atoms with Crippen LogP contribution in [-0.4, -0.2) is 11.5 Å². The Balaban J connectivity index is 2.23. The molecule has 2 nitrogen and oxygen atoms in total. The van der Waals surface area contributed by atoms with Crippen LogP contribution in [0.2, 0.25) is 0 Å². The van der Waals surface area contributed by atoms with Gasteiger partial charge >= 0.3 is 0 Å². The van der Waals surface area contributed by atoms with E-state index < -0.39 is 0 Å². The maximum Gasteiger partial charge on any atom is 0.0953 e. The van der Waals surface area contributed by atoms with Crippen LogP contribution in [0.1, 0.15) is 43.3 Å². The summed E-state index contributed by atoms with van der Waals surface area (Å²) in [5, 5.41) is 3.43. The molecular formula is C10H16N2S. The van der Waals surface area contributed by atoms with Gasteiger partial charge in [0.05, 0.1) is 10.7 Å². The van der Waals surface area contributed by atoms with Crippen LogP contribution in [0.4, 0.5) is 0 Å². The van der Waals surface area contributed by atoms with Gasteiger partial charge in [-0.1, -0.05) is 13.8 Å². The van der Waals surface area contributed by atoms with E-state index in [1.165, 1.54) is 23.5 Å². The van der Waals surface area contributed by atoms with E-state index in [1.807, 2.05) is 0 Å². The molecule has 2 rings (SSSR count). The summed E-state index contributed by atoms with van der Waals surface area (Å²) in [6, 6.07) is 0. The Morgan fingerprint density at radius 3 is 2.69 bits per heavy atom. The fourth-order valence-corrected chi connectivity index (χ4v) is 2.47. The highest BCUT2D eigenvalue weighted by Gasteiger charge is 2.44. The third kappa shape index (κ3) is 1.51. The van der Waals surface area contributed by atoms with E-state index in [0.717, 1.165) is 6.54 Å². The van der Waals surface area contributed by atoms with E-state index in [-0.39, 0.29) is 5.41 Å². The van der Waals surface area contributed by atoms with Crippen LogP contribution in [0.3, 0.4) is 0 Å². The summed E-state index contributed by atoms with van der Waals surface area (Å²) in [7, 11) is 0. The second kappa shape index (κ2) is 3.07. The van der Waals surface area contributed by atoms with Crippen molar-refractivity contribution in [2.45, 2.75) is 38.0 Å². The quantitative estimate of drug-likeness (QED) is 0.805. The van der Waals surface area contributed by atoms with Gasteiger partial charge < -0.3 is 5.73 Å². The molecule has 72 valence electrons. The Labute approximate surface area is 83.2 Å². The van der Waals surface area contributed by atoms with Crippen LogP contribution in [0, 0.1) is 0 Å². The van der Waals surface area contributed by atoms with Gasteiger partial charge in [-0.05, 0) is 12.8 Å².